The lowest BCUT2D eigenvalue weighted by atomic mass is 9.96. The molecule has 0 amide bonds. The van der Waals surface area contributed by atoms with Gasteiger partial charge in [0.1, 0.15) is 5.75 Å². The van der Waals surface area contributed by atoms with Gasteiger partial charge in [0.05, 0.1) is 13.2 Å². The molecule has 0 heterocycles. The first-order chi connectivity index (χ1) is 10.1. The average molecular weight is 283 g/mol. The predicted molar refractivity (Wildman–Crippen MR) is 90.0 cm³/mol. The van der Waals surface area contributed by atoms with E-state index in [2.05, 4.69) is 68.6 Å². The predicted octanol–water partition coefficient (Wildman–Crippen LogP) is 5.20. The van der Waals surface area contributed by atoms with Gasteiger partial charge in [0.2, 0.25) is 0 Å². The Bertz CT molecular complexity index is 563. The number of ether oxygens (including phenoxy) is 1. The average Bonchev–Trinajstić information content (AvgIpc) is 2.49. The molecule has 2 aromatic rings. The molecule has 2 aromatic carbocycles. The van der Waals surface area contributed by atoms with Gasteiger partial charge in [-0.1, -0.05) is 44.2 Å². The molecule has 0 saturated heterocycles. The molecule has 1 unspecified atom stereocenters. The number of hydrogen-bond donors (Lipinski definition) is 1. The zero-order chi connectivity index (χ0) is 15.2. The SMILES string of the molecule is COc1ccc(NC(CC(C)C)c2ccccc2)c(C)c1. The molecule has 0 saturated carbocycles. The molecule has 0 spiro atoms. The van der Waals surface area contributed by atoms with E-state index in [1.54, 1.807) is 7.11 Å². The van der Waals surface area contributed by atoms with Crippen molar-refractivity contribution in [1.29, 1.82) is 0 Å². The molecule has 0 aliphatic rings. The van der Waals surface area contributed by atoms with Crippen molar-refractivity contribution < 1.29 is 4.74 Å². The van der Waals surface area contributed by atoms with Gasteiger partial charge in [-0.15, -0.1) is 0 Å². The van der Waals surface area contributed by atoms with Crippen LogP contribution in [0, 0.1) is 12.8 Å². The quantitative estimate of drug-likeness (QED) is 0.786. The topological polar surface area (TPSA) is 21.3 Å². The summed E-state index contributed by atoms with van der Waals surface area (Å²) in [6.45, 7) is 6.64. The molecule has 0 aromatic heterocycles. The van der Waals surface area contributed by atoms with Crippen LogP contribution in [0.15, 0.2) is 48.5 Å². The molecule has 2 rings (SSSR count). The Hall–Kier alpha value is -1.96. The Morgan fingerprint density at radius 1 is 1.05 bits per heavy atom. The van der Waals surface area contributed by atoms with Crippen LogP contribution < -0.4 is 10.1 Å². The summed E-state index contributed by atoms with van der Waals surface area (Å²) >= 11 is 0. The van der Waals surface area contributed by atoms with Crippen molar-refractivity contribution in [3.8, 4) is 5.75 Å². The van der Waals surface area contributed by atoms with E-state index in [9.17, 15) is 0 Å². The molecule has 1 atom stereocenters. The number of hydrogen-bond acceptors (Lipinski definition) is 2. The van der Waals surface area contributed by atoms with Gasteiger partial charge in [0.15, 0.2) is 0 Å². The van der Waals surface area contributed by atoms with E-state index in [4.69, 9.17) is 4.74 Å². The van der Waals surface area contributed by atoms with Crippen molar-refractivity contribution >= 4 is 5.69 Å². The van der Waals surface area contributed by atoms with E-state index in [0.29, 0.717) is 12.0 Å². The van der Waals surface area contributed by atoms with Crippen LogP contribution in [0.5, 0.6) is 5.75 Å². The lowest BCUT2D eigenvalue weighted by molar-refractivity contribution is 0.414. The van der Waals surface area contributed by atoms with Gasteiger partial charge >= 0.3 is 0 Å². The molecule has 2 heteroatoms. The number of anilines is 1. The Morgan fingerprint density at radius 3 is 2.33 bits per heavy atom. The number of aryl methyl sites for hydroxylation is 1. The maximum absolute atomic E-state index is 5.28. The standard InChI is InChI=1S/C19H25NO/c1-14(2)12-19(16-8-6-5-7-9-16)20-18-11-10-17(21-4)13-15(18)3/h5-11,13-14,19-20H,12H2,1-4H3. The summed E-state index contributed by atoms with van der Waals surface area (Å²) in [5.41, 5.74) is 3.71. The maximum atomic E-state index is 5.28. The molecule has 0 radical (unpaired) electrons. The fourth-order valence-electron chi connectivity index (χ4n) is 2.55. The maximum Gasteiger partial charge on any atom is 0.119 e. The minimum Gasteiger partial charge on any atom is -0.497 e. The zero-order valence-corrected chi connectivity index (χ0v) is 13.4. The molecule has 1 N–H and O–H groups in total. The highest BCUT2D eigenvalue weighted by Gasteiger charge is 2.14. The molecule has 0 fully saturated rings. The largest absolute Gasteiger partial charge is 0.497 e. The van der Waals surface area contributed by atoms with Gasteiger partial charge in [0.25, 0.3) is 0 Å². The zero-order valence-electron chi connectivity index (χ0n) is 13.4. The highest BCUT2D eigenvalue weighted by Crippen LogP contribution is 2.29. The molecule has 21 heavy (non-hydrogen) atoms. The van der Waals surface area contributed by atoms with Gasteiger partial charge in [0, 0.05) is 5.69 Å². The lowest BCUT2D eigenvalue weighted by Crippen LogP contribution is -2.14. The van der Waals surface area contributed by atoms with Crippen LogP contribution in [0.1, 0.15) is 37.4 Å². The molecule has 0 aliphatic carbocycles. The Morgan fingerprint density at radius 2 is 1.76 bits per heavy atom. The fraction of sp³-hybridized carbons (Fsp3) is 0.368. The van der Waals surface area contributed by atoms with Crippen molar-refractivity contribution in [3.05, 3.63) is 59.7 Å². The van der Waals surface area contributed by atoms with E-state index in [1.165, 1.54) is 16.8 Å². The summed E-state index contributed by atoms with van der Waals surface area (Å²) in [6, 6.07) is 17.2. The lowest BCUT2D eigenvalue weighted by Gasteiger charge is -2.23. The molecule has 2 nitrogen and oxygen atoms in total. The number of benzene rings is 2. The molecule has 0 bridgehead atoms. The summed E-state index contributed by atoms with van der Waals surface area (Å²) in [7, 11) is 1.70. The third-order valence-electron chi connectivity index (χ3n) is 3.67. The molecular weight excluding hydrogens is 258 g/mol. The second kappa shape index (κ2) is 7.16. The van der Waals surface area contributed by atoms with Crippen LogP contribution in [-0.2, 0) is 0 Å². The Labute approximate surface area is 128 Å². The fourth-order valence-corrected chi connectivity index (χ4v) is 2.55. The number of rotatable bonds is 6. The van der Waals surface area contributed by atoms with Gasteiger partial charge in [-0.3, -0.25) is 0 Å². The summed E-state index contributed by atoms with van der Waals surface area (Å²) < 4.78 is 5.28. The summed E-state index contributed by atoms with van der Waals surface area (Å²) in [4.78, 5) is 0. The van der Waals surface area contributed by atoms with Gasteiger partial charge in [-0.2, -0.15) is 0 Å². The van der Waals surface area contributed by atoms with Crippen LogP contribution in [-0.4, -0.2) is 7.11 Å². The second-order valence-corrected chi connectivity index (χ2v) is 5.92. The normalized spacial score (nSPS) is 12.2. The smallest absolute Gasteiger partial charge is 0.119 e. The van der Waals surface area contributed by atoms with E-state index in [0.717, 1.165) is 12.2 Å². The number of methoxy groups -OCH3 is 1. The first-order valence-electron chi connectivity index (χ1n) is 7.56. The Balaban J connectivity index is 2.23. The Kier molecular flexibility index (Phi) is 5.26. The minimum absolute atomic E-state index is 0.332. The van der Waals surface area contributed by atoms with Crippen LogP contribution in [0.4, 0.5) is 5.69 Å². The van der Waals surface area contributed by atoms with Crippen LogP contribution in [0.2, 0.25) is 0 Å². The summed E-state index contributed by atoms with van der Waals surface area (Å²) in [5.74, 6) is 1.54. The molecule has 0 aliphatic heterocycles. The summed E-state index contributed by atoms with van der Waals surface area (Å²) in [6.07, 6.45) is 1.11. The van der Waals surface area contributed by atoms with Crippen molar-refractivity contribution in [3.63, 3.8) is 0 Å². The van der Waals surface area contributed by atoms with Crippen molar-refractivity contribution in [1.82, 2.24) is 0 Å². The van der Waals surface area contributed by atoms with E-state index < -0.39 is 0 Å². The van der Waals surface area contributed by atoms with Gasteiger partial charge in [-0.25, -0.2) is 0 Å². The highest BCUT2D eigenvalue weighted by atomic mass is 16.5. The third-order valence-corrected chi connectivity index (χ3v) is 3.67. The van der Waals surface area contributed by atoms with Crippen LogP contribution >= 0.6 is 0 Å². The monoisotopic (exact) mass is 283 g/mol. The van der Waals surface area contributed by atoms with Crippen molar-refractivity contribution in [2.75, 3.05) is 12.4 Å². The van der Waals surface area contributed by atoms with E-state index >= 15 is 0 Å². The van der Waals surface area contributed by atoms with Crippen LogP contribution in [0.25, 0.3) is 0 Å². The van der Waals surface area contributed by atoms with Gasteiger partial charge in [-0.05, 0) is 48.6 Å². The van der Waals surface area contributed by atoms with Crippen molar-refractivity contribution in [2.24, 2.45) is 5.92 Å². The first kappa shape index (κ1) is 15.4. The van der Waals surface area contributed by atoms with Crippen molar-refractivity contribution in [2.45, 2.75) is 33.2 Å². The first-order valence-corrected chi connectivity index (χ1v) is 7.56. The minimum atomic E-state index is 0.332. The highest BCUT2D eigenvalue weighted by molar-refractivity contribution is 5.55. The van der Waals surface area contributed by atoms with E-state index in [-0.39, 0.29) is 0 Å². The molecule has 112 valence electrons. The number of nitrogens with one attached hydrogen (secondary N) is 1. The van der Waals surface area contributed by atoms with Crippen LogP contribution in [0.3, 0.4) is 0 Å². The van der Waals surface area contributed by atoms with E-state index in [1.807, 2.05) is 6.07 Å². The molecular formula is C19H25NO. The third kappa shape index (κ3) is 4.25. The summed E-state index contributed by atoms with van der Waals surface area (Å²) in [5, 5.41) is 3.69. The van der Waals surface area contributed by atoms with Gasteiger partial charge < -0.3 is 10.1 Å². The second-order valence-electron chi connectivity index (χ2n) is 5.92.